The van der Waals surface area contributed by atoms with Gasteiger partial charge in [-0.05, 0) is 17.6 Å². The first-order valence-corrected chi connectivity index (χ1v) is 5.42. The molecule has 14 heavy (non-hydrogen) atoms. The minimum absolute atomic E-state index is 0.0582. The average Bonchev–Trinajstić information content (AvgIpc) is 2.47. The Morgan fingerprint density at radius 3 is 2.93 bits per heavy atom. The van der Waals surface area contributed by atoms with Crippen LogP contribution in [0.3, 0.4) is 0 Å². The number of hydrogen-bond acceptors (Lipinski definition) is 4. The van der Waals surface area contributed by atoms with Crippen LogP contribution in [0.4, 0.5) is 5.82 Å². The predicted octanol–water partition coefficient (Wildman–Crippen LogP) is 2.37. The summed E-state index contributed by atoms with van der Waals surface area (Å²) in [4.78, 5) is 14.2. The zero-order valence-electron chi connectivity index (χ0n) is 8.43. The summed E-state index contributed by atoms with van der Waals surface area (Å²) in [6.07, 6.45) is 1.31. The maximum Gasteiger partial charge on any atom is 0.343 e. The van der Waals surface area contributed by atoms with Gasteiger partial charge in [-0.2, -0.15) is 4.57 Å². The molecule has 1 aromatic rings. The SMILES string of the molecule is CCSC(C)n1c([N+](=O)[O-])cnc1C. The fourth-order valence-corrected chi connectivity index (χ4v) is 2.23. The first kappa shape index (κ1) is 11.0. The number of aromatic nitrogens is 2. The van der Waals surface area contributed by atoms with Crippen molar-refractivity contribution in [1.82, 2.24) is 9.55 Å². The van der Waals surface area contributed by atoms with Gasteiger partial charge in [-0.25, -0.2) is 4.98 Å². The molecule has 0 spiro atoms. The molecule has 0 fully saturated rings. The lowest BCUT2D eigenvalue weighted by Crippen LogP contribution is -2.07. The van der Waals surface area contributed by atoms with E-state index in [-0.39, 0.29) is 11.2 Å². The highest BCUT2D eigenvalue weighted by atomic mass is 32.2. The van der Waals surface area contributed by atoms with Gasteiger partial charge in [0.25, 0.3) is 0 Å². The van der Waals surface area contributed by atoms with Gasteiger partial charge in [0.2, 0.25) is 0 Å². The molecule has 6 heteroatoms. The van der Waals surface area contributed by atoms with Crippen molar-refractivity contribution in [1.29, 1.82) is 0 Å². The molecule has 5 nitrogen and oxygen atoms in total. The molecule has 1 rings (SSSR count). The highest BCUT2D eigenvalue weighted by Gasteiger charge is 2.22. The van der Waals surface area contributed by atoms with Gasteiger partial charge in [0.15, 0.2) is 5.82 Å². The maximum absolute atomic E-state index is 10.7. The first-order chi connectivity index (χ1) is 6.57. The van der Waals surface area contributed by atoms with E-state index in [9.17, 15) is 10.1 Å². The Balaban J connectivity index is 3.04. The van der Waals surface area contributed by atoms with Crippen molar-refractivity contribution in [3.8, 4) is 0 Å². The fourth-order valence-electron chi connectivity index (χ4n) is 1.34. The summed E-state index contributed by atoms with van der Waals surface area (Å²) in [5.41, 5.74) is 0. The molecule has 78 valence electrons. The van der Waals surface area contributed by atoms with Crippen molar-refractivity contribution >= 4 is 17.6 Å². The predicted molar refractivity (Wildman–Crippen MR) is 56.5 cm³/mol. The van der Waals surface area contributed by atoms with Crippen LogP contribution in [0.15, 0.2) is 6.20 Å². The topological polar surface area (TPSA) is 61.0 Å². The summed E-state index contributed by atoms with van der Waals surface area (Å²) in [5.74, 6) is 1.68. The van der Waals surface area contributed by atoms with Crippen molar-refractivity contribution < 1.29 is 4.92 Å². The lowest BCUT2D eigenvalue weighted by Gasteiger charge is -2.09. The normalized spacial score (nSPS) is 12.8. The van der Waals surface area contributed by atoms with E-state index in [0.29, 0.717) is 5.82 Å². The van der Waals surface area contributed by atoms with E-state index in [0.717, 1.165) is 5.75 Å². The van der Waals surface area contributed by atoms with Gasteiger partial charge < -0.3 is 10.1 Å². The van der Waals surface area contributed by atoms with E-state index in [1.807, 2.05) is 13.8 Å². The number of rotatable bonds is 4. The standard InChI is InChI=1S/C8H13N3O2S/c1-4-14-7(3)10-6(2)9-5-8(10)11(12)13/h5,7H,4H2,1-3H3. The molecule has 1 unspecified atom stereocenters. The van der Waals surface area contributed by atoms with E-state index < -0.39 is 4.92 Å². The van der Waals surface area contributed by atoms with E-state index in [1.165, 1.54) is 6.20 Å². The lowest BCUT2D eigenvalue weighted by atomic mass is 10.6. The molecule has 1 aromatic heterocycles. The van der Waals surface area contributed by atoms with Crippen LogP contribution in [0.1, 0.15) is 25.0 Å². The Kier molecular flexibility index (Phi) is 3.51. The van der Waals surface area contributed by atoms with E-state index in [4.69, 9.17) is 0 Å². The number of nitro groups is 1. The Labute approximate surface area is 86.7 Å². The third kappa shape index (κ3) is 2.06. The minimum Gasteiger partial charge on any atom is -0.358 e. The van der Waals surface area contributed by atoms with Gasteiger partial charge in [-0.3, -0.25) is 0 Å². The first-order valence-electron chi connectivity index (χ1n) is 4.37. The Bertz CT molecular complexity index is 337. The molecule has 0 amide bonds. The number of imidazole rings is 1. The van der Waals surface area contributed by atoms with Crippen LogP contribution >= 0.6 is 11.8 Å². The summed E-state index contributed by atoms with van der Waals surface area (Å²) >= 11 is 1.65. The van der Waals surface area contributed by atoms with E-state index in [1.54, 1.807) is 23.3 Å². The Hall–Kier alpha value is -1.04. The van der Waals surface area contributed by atoms with Crippen LogP contribution < -0.4 is 0 Å². The molecular formula is C8H13N3O2S. The summed E-state index contributed by atoms with van der Waals surface area (Å²) < 4.78 is 1.65. The molecule has 0 aromatic carbocycles. The molecular weight excluding hydrogens is 202 g/mol. The highest BCUT2D eigenvalue weighted by molar-refractivity contribution is 7.99. The molecule has 1 heterocycles. The van der Waals surface area contributed by atoms with Gasteiger partial charge in [-0.1, -0.05) is 6.92 Å². The fraction of sp³-hybridized carbons (Fsp3) is 0.625. The molecule has 0 N–H and O–H groups in total. The summed E-state index contributed by atoms with van der Waals surface area (Å²) in [7, 11) is 0. The summed E-state index contributed by atoms with van der Waals surface area (Å²) in [6, 6.07) is 0. The monoisotopic (exact) mass is 215 g/mol. The zero-order valence-corrected chi connectivity index (χ0v) is 9.24. The van der Waals surface area contributed by atoms with E-state index >= 15 is 0 Å². The average molecular weight is 215 g/mol. The van der Waals surface area contributed by atoms with Crippen LogP contribution in [0.25, 0.3) is 0 Å². The van der Waals surface area contributed by atoms with Crippen molar-refractivity contribution in [2.24, 2.45) is 0 Å². The number of thioether (sulfide) groups is 1. The second-order valence-corrected chi connectivity index (χ2v) is 4.44. The lowest BCUT2D eigenvalue weighted by molar-refractivity contribution is -0.392. The minimum atomic E-state index is -0.396. The summed E-state index contributed by atoms with van der Waals surface area (Å²) in [6.45, 7) is 5.74. The van der Waals surface area contributed by atoms with Crippen molar-refractivity contribution in [3.63, 3.8) is 0 Å². The number of hydrogen-bond donors (Lipinski definition) is 0. The summed E-state index contributed by atoms with van der Waals surface area (Å²) in [5, 5.41) is 10.7. The van der Waals surface area contributed by atoms with Crippen molar-refractivity contribution in [2.75, 3.05) is 5.75 Å². The second kappa shape index (κ2) is 4.45. The van der Waals surface area contributed by atoms with Gasteiger partial charge in [0.1, 0.15) is 11.6 Å². The largest absolute Gasteiger partial charge is 0.358 e. The van der Waals surface area contributed by atoms with Gasteiger partial charge in [0.05, 0.1) is 0 Å². The zero-order chi connectivity index (χ0) is 10.7. The van der Waals surface area contributed by atoms with Crippen LogP contribution in [0.2, 0.25) is 0 Å². The third-order valence-electron chi connectivity index (χ3n) is 1.92. The molecule has 0 saturated heterocycles. The Morgan fingerprint density at radius 1 is 1.79 bits per heavy atom. The molecule has 1 atom stereocenters. The Morgan fingerprint density at radius 2 is 2.43 bits per heavy atom. The molecule has 0 saturated carbocycles. The maximum atomic E-state index is 10.7. The molecule has 0 aliphatic carbocycles. The van der Waals surface area contributed by atoms with E-state index in [2.05, 4.69) is 4.98 Å². The van der Waals surface area contributed by atoms with Gasteiger partial charge in [0, 0.05) is 6.92 Å². The van der Waals surface area contributed by atoms with Crippen LogP contribution in [-0.4, -0.2) is 20.2 Å². The van der Waals surface area contributed by atoms with Crippen LogP contribution in [-0.2, 0) is 0 Å². The third-order valence-corrected chi connectivity index (χ3v) is 2.95. The van der Waals surface area contributed by atoms with Gasteiger partial charge >= 0.3 is 5.82 Å². The van der Waals surface area contributed by atoms with Crippen molar-refractivity contribution in [2.45, 2.75) is 26.1 Å². The molecule has 0 aliphatic rings. The molecule has 0 bridgehead atoms. The van der Waals surface area contributed by atoms with Gasteiger partial charge in [-0.15, -0.1) is 11.8 Å². The number of nitrogens with zero attached hydrogens (tertiary/aromatic N) is 3. The quantitative estimate of drug-likeness (QED) is 0.571. The molecule has 0 aliphatic heterocycles. The van der Waals surface area contributed by atoms with Crippen molar-refractivity contribution in [3.05, 3.63) is 22.1 Å². The number of aryl methyl sites for hydroxylation is 1. The highest BCUT2D eigenvalue weighted by Crippen LogP contribution is 2.28. The van der Waals surface area contributed by atoms with Crippen LogP contribution in [0, 0.1) is 17.0 Å². The van der Waals surface area contributed by atoms with Crippen LogP contribution in [0.5, 0.6) is 0 Å². The molecule has 0 radical (unpaired) electrons. The second-order valence-electron chi connectivity index (χ2n) is 2.85. The smallest absolute Gasteiger partial charge is 0.343 e.